The zero-order valence-electron chi connectivity index (χ0n) is 19.2. The van der Waals surface area contributed by atoms with Crippen LogP contribution in [0.2, 0.25) is 0 Å². The van der Waals surface area contributed by atoms with Gasteiger partial charge < -0.3 is 20.1 Å². The van der Waals surface area contributed by atoms with Gasteiger partial charge in [0.2, 0.25) is 23.5 Å². The Labute approximate surface area is 197 Å². The summed E-state index contributed by atoms with van der Waals surface area (Å²) >= 11 is 0. The highest BCUT2D eigenvalue weighted by Gasteiger charge is 2.29. The SMILES string of the molecule is CCC(=O)Nc1cccc(-c2noc([C@@H]3CCCN(C(=O)c4ccc(NC(C)=O)cc4)C3)n2)c1. The molecule has 1 atom stereocenters. The van der Waals surface area contributed by atoms with Crippen LogP contribution in [0.4, 0.5) is 11.4 Å². The molecule has 1 aliphatic heterocycles. The summed E-state index contributed by atoms with van der Waals surface area (Å²) < 4.78 is 5.56. The predicted molar refractivity (Wildman–Crippen MR) is 127 cm³/mol. The van der Waals surface area contributed by atoms with Gasteiger partial charge in [-0.25, -0.2) is 0 Å². The lowest BCUT2D eigenvalue weighted by molar-refractivity contribution is -0.116. The van der Waals surface area contributed by atoms with E-state index < -0.39 is 0 Å². The normalized spacial score (nSPS) is 15.6. The van der Waals surface area contributed by atoms with Gasteiger partial charge in [-0.15, -0.1) is 0 Å². The Kier molecular flexibility index (Phi) is 7.01. The molecule has 1 aromatic heterocycles. The van der Waals surface area contributed by atoms with Crippen molar-refractivity contribution < 1.29 is 18.9 Å². The van der Waals surface area contributed by atoms with Gasteiger partial charge >= 0.3 is 0 Å². The van der Waals surface area contributed by atoms with Crippen LogP contribution in [0.15, 0.2) is 53.1 Å². The van der Waals surface area contributed by atoms with Gasteiger partial charge in [0, 0.05) is 48.9 Å². The van der Waals surface area contributed by atoms with Crippen molar-refractivity contribution in [2.75, 3.05) is 23.7 Å². The molecule has 0 spiro atoms. The number of carbonyl (C=O) groups excluding carboxylic acids is 3. The zero-order chi connectivity index (χ0) is 24.1. The third kappa shape index (κ3) is 5.48. The minimum absolute atomic E-state index is 0.0550. The van der Waals surface area contributed by atoms with Crippen LogP contribution < -0.4 is 10.6 Å². The summed E-state index contributed by atoms with van der Waals surface area (Å²) in [7, 11) is 0. The largest absolute Gasteiger partial charge is 0.339 e. The number of hydrogen-bond donors (Lipinski definition) is 2. The third-order valence-electron chi connectivity index (χ3n) is 5.68. The average Bonchev–Trinajstić information content (AvgIpc) is 3.34. The summed E-state index contributed by atoms with van der Waals surface area (Å²) in [6.07, 6.45) is 2.07. The summed E-state index contributed by atoms with van der Waals surface area (Å²) in [6, 6.07) is 14.2. The van der Waals surface area contributed by atoms with E-state index in [4.69, 9.17) is 4.52 Å². The van der Waals surface area contributed by atoms with Crippen molar-refractivity contribution in [2.45, 2.75) is 39.0 Å². The summed E-state index contributed by atoms with van der Waals surface area (Å²) in [6.45, 7) is 4.38. The zero-order valence-corrected chi connectivity index (χ0v) is 19.2. The van der Waals surface area contributed by atoms with Crippen molar-refractivity contribution in [1.82, 2.24) is 15.0 Å². The number of nitrogens with one attached hydrogen (secondary N) is 2. The number of hydrogen-bond acceptors (Lipinski definition) is 6. The molecule has 34 heavy (non-hydrogen) atoms. The number of rotatable bonds is 6. The summed E-state index contributed by atoms with van der Waals surface area (Å²) in [5.41, 5.74) is 2.63. The van der Waals surface area contributed by atoms with E-state index in [9.17, 15) is 14.4 Å². The van der Waals surface area contributed by atoms with Crippen molar-refractivity contribution >= 4 is 29.1 Å². The molecular formula is C25H27N5O4. The highest BCUT2D eigenvalue weighted by atomic mass is 16.5. The number of likely N-dealkylation sites (tertiary alicyclic amines) is 1. The number of piperidine rings is 1. The van der Waals surface area contributed by atoms with Gasteiger partial charge in [0.15, 0.2) is 0 Å². The van der Waals surface area contributed by atoms with Crippen LogP contribution in [-0.4, -0.2) is 45.9 Å². The smallest absolute Gasteiger partial charge is 0.253 e. The second-order valence-corrected chi connectivity index (χ2v) is 8.29. The maximum Gasteiger partial charge on any atom is 0.253 e. The van der Waals surface area contributed by atoms with Gasteiger partial charge in [0.1, 0.15) is 0 Å². The Hall–Kier alpha value is -4.01. The molecule has 1 saturated heterocycles. The van der Waals surface area contributed by atoms with Crippen LogP contribution >= 0.6 is 0 Å². The van der Waals surface area contributed by atoms with Crippen molar-refractivity contribution in [3.8, 4) is 11.4 Å². The van der Waals surface area contributed by atoms with Gasteiger partial charge in [0.05, 0.1) is 5.92 Å². The number of nitrogens with zero attached hydrogens (tertiary/aromatic N) is 3. The van der Waals surface area contributed by atoms with E-state index in [1.165, 1.54) is 6.92 Å². The molecule has 3 amide bonds. The molecule has 176 valence electrons. The van der Waals surface area contributed by atoms with E-state index in [1.807, 2.05) is 24.3 Å². The van der Waals surface area contributed by atoms with E-state index in [0.29, 0.717) is 48.2 Å². The van der Waals surface area contributed by atoms with Crippen LogP contribution in [0.5, 0.6) is 0 Å². The van der Waals surface area contributed by atoms with Crippen molar-refractivity contribution in [1.29, 1.82) is 0 Å². The number of anilines is 2. The Morgan fingerprint density at radius 1 is 1.09 bits per heavy atom. The van der Waals surface area contributed by atoms with Crippen LogP contribution in [0.1, 0.15) is 55.3 Å². The highest BCUT2D eigenvalue weighted by Crippen LogP contribution is 2.29. The summed E-state index contributed by atoms with van der Waals surface area (Å²) in [4.78, 5) is 42.3. The van der Waals surface area contributed by atoms with Crippen molar-refractivity contribution in [3.63, 3.8) is 0 Å². The second kappa shape index (κ2) is 10.3. The summed E-state index contributed by atoms with van der Waals surface area (Å²) in [5, 5.41) is 9.65. The second-order valence-electron chi connectivity index (χ2n) is 8.29. The minimum atomic E-state index is -0.158. The minimum Gasteiger partial charge on any atom is -0.339 e. The molecule has 0 unspecified atom stereocenters. The lowest BCUT2D eigenvalue weighted by atomic mass is 9.97. The predicted octanol–water partition coefficient (Wildman–Crippen LogP) is 4.06. The van der Waals surface area contributed by atoms with Crippen LogP contribution in [0, 0.1) is 0 Å². The molecule has 1 fully saturated rings. The molecule has 3 aromatic rings. The van der Waals surface area contributed by atoms with Crippen LogP contribution in [0.25, 0.3) is 11.4 Å². The Morgan fingerprint density at radius 3 is 2.62 bits per heavy atom. The first-order valence-electron chi connectivity index (χ1n) is 11.3. The molecule has 2 N–H and O–H groups in total. The standard InChI is InChI=1S/C25H27N5O4/c1-3-22(32)27-21-8-4-6-18(14-21)23-28-24(34-29-23)19-7-5-13-30(15-19)25(33)17-9-11-20(12-10-17)26-16(2)31/h4,6,8-12,14,19H,3,5,7,13,15H2,1-2H3,(H,26,31)(H,27,32)/t19-/m1/s1. The maximum absolute atomic E-state index is 13.0. The van der Waals surface area contributed by atoms with Gasteiger partial charge in [-0.1, -0.05) is 24.2 Å². The Balaban J connectivity index is 1.44. The van der Waals surface area contributed by atoms with E-state index >= 15 is 0 Å². The molecular weight excluding hydrogens is 434 g/mol. The van der Waals surface area contributed by atoms with E-state index in [1.54, 1.807) is 36.1 Å². The van der Waals surface area contributed by atoms with E-state index in [-0.39, 0.29) is 23.6 Å². The molecule has 0 radical (unpaired) electrons. The van der Waals surface area contributed by atoms with Crippen LogP contribution in [-0.2, 0) is 9.59 Å². The monoisotopic (exact) mass is 461 g/mol. The van der Waals surface area contributed by atoms with E-state index in [0.717, 1.165) is 18.4 Å². The first-order chi connectivity index (χ1) is 16.4. The fourth-order valence-corrected chi connectivity index (χ4v) is 3.95. The lowest BCUT2D eigenvalue weighted by Crippen LogP contribution is -2.39. The summed E-state index contributed by atoms with van der Waals surface area (Å²) in [5.74, 6) is 0.590. The fraction of sp³-hybridized carbons (Fsp3) is 0.320. The van der Waals surface area contributed by atoms with E-state index in [2.05, 4.69) is 20.8 Å². The topological polar surface area (TPSA) is 117 Å². The van der Waals surface area contributed by atoms with Crippen LogP contribution in [0.3, 0.4) is 0 Å². The van der Waals surface area contributed by atoms with Gasteiger partial charge in [-0.05, 0) is 49.2 Å². The number of carbonyl (C=O) groups is 3. The van der Waals surface area contributed by atoms with Crippen molar-refractivity contribution in [2.24, 2.45) is 0 Å². The highest BCUT2D eigenvalue weighted by molar-refractivity contribution is 5.95. The molecule has 0 aliphatic carbocycles. The quantitative estimate of drug-likeness (QED) is 0.572. The number of aromatic nitrogens is 2. The number of amides is 3. The van der Waals surface area contributed by atoms with Crippen molar-refractivity contribution in [3.05, 3.63) is 60.0 Å². The first kappa shape index (κ1) is 23.2. The molecule has 1 aliphatic rings. The average molecular weight is 462 g/mol. The molecule has 2 heterocycles. The molecule has 0 bridgehead atoms. The van der Waals surface area contributed by atoms with Gasteiger partial charge in [-0.3, -0.25) is 14.4 Å². The fourth-order valence-electron chi connectivity index (χ4n) is 3.95. The maximum atomic E-state index is 13.0. The first-order valence-corrected chi connectivity index (χ1v) is 11.3. The third-order valence-corrected chi connectivity index (χ3v) is 5.68. The molecule has 2 aromatic carbocycles. The molecule has 0 saturated carbocycles. The molecule has 9 nitrogen and oxygen atoms in total. The lowest BCUT2D eigenvalue weighted by Gasteiger charge is -2.31. The van der Waals surface area contributed by atoms with Gasteiger partial charge in [-0.2, -0.15) is 4.98 Å². The molecule has 4 rings (SSSR count). The number of benzene rings is 2. The molecule has 9 heteroatoms. The van der Waals surface area contributed by atoms with Gasteiger partial charge in [0.25, 0.3) is 5.91 Å². The Bertz CT molecular complexity index is 1190. The Morgan fingerprint density at radius 2 is 1.88 bits per heavy atom.